The Balaban J connectivity index is 1.96. The number of nitrogens with zero attached hydrogens (tertiary/aromatic N) is 2. The monoisotopic (exact) mass is 277 g/mol. The van der Waals surface area contributed by atoms with Crippen LogP contribution in [0.5, 0.6) is 0 Å². The fourth-order valence-electron chi connectivity index (χ4n) is 2.22. The second-order valence-corrected chi connectivity index (χ2v) is 6.84. The zero-order valence-electron chi connectivity index (χ0n) is 11.7. The molecule has 0 unspecified atom stereocenters. The molecule has 1 fully saturated rings. The van der Waals surface area contributed by atoms with Gasteiger partial charge in [0.2, 0.25) is 10.0 Å². The van der Waals surface area contributed by atoms with Gasteiger partial charge in [0, 0.05) is 32.7 Å². The molecule has 0 amide bonds. The summed E-state index contributed by atoms with van der Waals surface area (Å²) in [6.45, 7) is 9.82. The highest BCUT2D eigenvalue weighted by molar-refractivity contribution is 7.88. The van der Waals surface area contributed by atoms with Crippen molar-refractivity contribution in [1.29, 1.82) is 0 Å². The first-order valence-electron chi connectivity index (χ1n) is 6.90. The summed E-state index contributed by atoms with van der Waals surface area (Å²) < 4.78 is 24.2. The van der Waals surface area contributed by atoms with Gasteiger partial charge in [-0.25, -0.2) is 13.1 Å². The molecule has 0 radical (unpaired) electrons. The van der Waals surface area contributed by atoms with Gasteiger partial charge in [0.05, 0.1) is 6.26 Å². The molecule has 0 saturated carbocycles. The van der Waals surface area contributed by atoms with Crippen LogP contribution in [0.25, 0.3) is 0 Å². The number of likely N-dealkylation sites (N-methyl/N-ethyl adjacent to an activating group) is 1. The maximum absolute atomic E-state index is 10.8. The van der Waals surface area contributed by atoms with E-state index < -0.39 is 10.0 Å². The predicted molar refractivity (Wildman–Crippen MR) is 75.3 cm³/mol. The van der Waals surface area contributed by atoms with Gasteiger partial charge < -0.3 is 9.80 Å². The van der Waals surface area contributed by atoms with Crippen molar-refractivity contribution in [3.8, 4) is 0 Å². The van der Waals surface area contributed by atoms with Crippen LogP contribution in [0.3, 0.4) is 0 Å². The predicted octanol–water partition coefficient (Wildman–Crippen LogP) is 0.343. The highest BCUT2D eigenvalue weighted by Gasteiger charge is 2.14. The van der Waals surface area contributed by atoms with Crippen LogP contribution in [-0.2, 0) is 10.0 Å². The van der Waals surface area contributed by atoms with Crippen molar-refractivity contribution in [2.24, 2.45) is 0 Å². The Labute approximate surface area is 112 Å². The number of unbranched alkanes of at least 4 members (excludes halogenated alkanes) is 2. The number of nitrogens with one attached hydrogen (secondary N) is 1. The highest BCUT2D eigenvalue weighted by atomic mass is 32.2. The molecule has 0 aromatic rings. The molecule has 5 nitrogen and oxygen atoms in total. The normalized spacial score (nSPS) is 19.2. The van der Waals surface area contributed by atoms with Crippen molar-refractivity contribution in [2.75, 3.05) is 52.1 Å². The van der Waals surface area contributed by atoms with Crippen LogP contribution in [0, 0.1) is 0 Å². The lowest BCUT2D eigenvalue weighted by molar-refractivity contribution is 0.135. The Morgan fingerprint density at radius 2 is 1.61 bits per heavy atom. The second-order valence-electron chi connectivity index (χ2n) is 5.00. The fourth-order valence-corrected chi connectivity index (χ4v) is 2.74. The van der Waals surface area contributed by atoms with Crippen LogP contribution in [0.4, 0.5) is 0 Å². The number of piperazine rings is 1. The molecule has 1 heterocycles. The number of hydrogen-bond donors (Lipinski definition) is 1. The van der Waals surface area contributed by atoms with Gasteiger partial charge in [-0.3, -0.25) is 0 Å². The van der Waals surface area contributed by atoms with E-state index >= 15 is 0 Å². The van der Waals surface area contributed by atoms with Crippen molar-refractivity contribution in [3.05, 3.63) is 0 Å². The maximum Gasteiger partial charge on any atom is 0.208 e. The average Bonchev–Trinajstić information content (AvgIpc) is 2.33. The summed E-state index contributed by atoms with van der Waals surface area (Å²) in [6, 6.07) is 0. The lowest BCUT2D eigenvalue weighted by atomic mass is 10.2. The van der Waals surface area contributed by atoms with E-state index in [1.165, 1.54) is 32.4 Å². The molecule has 0 spiro atoms. The van der Waals surface area contributed by atoms with Gasteiger partial charge in [0.15, 0.2) is 0 Å². The minimum atomic E-state index is -3.01. The van der Waals surface area contributed by atoms with Crippen molar-refractivity contribution >= 4 is 10.0 Å². The van der Waals surface area contributed by atoms with Crippen LogP contribution >= 0.6 is 0 Å². The van der Waals surface area contributed by atoms with Crippen LogP contribution in [0.15, 0.2) is 0 Å². The van der Waals surface area contributed by atoms with Crippen molar-refractivity contribution in [3.63, 3.8) is 0 Å². The summed E-state index contributed by atoms with van der Waals surface area (Å²) in [7, 11) is -3.01. The van der Waals surface area contributed by atoms with E-state index in [4.69, 9.17) is 0 Å². The van der Waals surface area contributed by atoms with Gasteiger partial charge in [0.25, 0.3) is 0 Å². The van der Waals surface area contributed by atoms with E-state index in [0.717, 1.165) is 32.4 Å². The van der Waals surface area contributed by atoms with Gasteiger partial charge >= 0.3 is 0 Å². The molecule has 6 heteroatoms. The quantitative estimate of drug-likeness (QED) is 0.650. The summed E-state index contributed by atoms with van der Waals surface area (Å²) in [4.78, 5) is 4.99. The summed E-state index contributed by atoms with van der Waals surface area (Å²) in [5, 5.41) is 0. The van der Waals surface area contributed by atoms with Gasteiger partial charge in [-0.1, -0.05) is 13.3 Å². The summed E-state index contributed by atoms with van der Waals surface area (Å²) in [6.07, 6.45) is 4.40. The molecule has 1 N–H and O–H groups in total. The molecule has 108 valence electrons. The standard InChI is InChI=1S/C12H27N3O2S/c1-3-14-9-11-15(12-10-14)8-6-4-5-7-13-18(2,16)17/h13H,3-12H2,1-2H3. The summed E-state index contributed by atoms with van der Waals surface area (Å²) in [5.41, 5.74) is 0. The maximum atomic E-state index is 10.8. The van der Waals surface area contributed by atoms with Gasteiger partial charge in [-0.15, -0.1) is 0 Å². The largest absolute Gasteiger partial charge is 0.301 e. The van der Waals surface area contributed by atoms with Crippen molar-refractivity contribution in [1.82, 2.24) is 14.5 Å². The molecular weight excluding hydrogens is 250 g/mol. The van der Waals surface area contributed by atoms with Gasteiger partial charge in [-0.2, -0.15) is 0 Å². The molecule has 1 aliphatic rings. The molecular formula is C12H27N3O2S. The second kappa shape index (κ2) is 8.09. The minimum absolute atomic E-state index is 0.572. The van der Waals surface area contributed by atoms with Crippen LogP contribution in [0.2, 0.25) is 0 Å². The molecule has 0 aliphatic carbocycles. The Bertz CT molecular complexity index is 311. The van der Waals surface area contributed by atoms with Gasteiger partial charge in [-0.05, 0) is 25.9 Å². The lowest BCUT2D eigenvalue weighted by Gasteiger charge is -2.33. The molecule has 0 atom stereocenters. The van der Waals surface area contributed by atoms with E-state index in [1.54, 1.807) is 0 Å². The average molecular weight is 277 g/mol. The lowest BCUT2D eigenvalue weighted by Crippen LogP contribution is -2.46. The fraction of sp³-hybridized carbons (Fsp3) is 1.00. The molecule has 1 aliphatic heterocycles. The zero-order chi connectivity index (χ0) is 13.4. The first kappa shape index (κ1) is 15.9. The molecule has 1 rings (SSSR count). The zero-order valence-corrected chi connectivity index (χ0v) is 12.5. The van der Waals surface area contributed by atoms with Crippen LogP contribution in [0.1, 0.15) is 26.2 Å². The Morgan fingerprint density at radius 3 is 2.17 bits per heavy atom. The molecule has 0 bridgehead atoms. The molecule has 1 saturated heterocycles. The third kappa shape index (κ3) is 7.31. The van der Waals surface area contributed by atoms with Crippen LogP contribution < -0.4 is 4.72 Å². The van der Waals surface area contributed by atoms with E-state index in [1.807, 2.05) is 0 Å². The highest BCUT2D eigenvalue weighted by Crippen LogP contribution is 2.04. The van der Waals surface area contributed by atoms with Gasteiger partial charge in [0.1, 0.15) is 0 Å². The first-order valence-corrected chi connectivity index (χ1v) is 8.80. The van der Waals surface area contributed by atoms with Crippen molar-refractivity contribution in [2.45, 2.75) is 26.2 Å². The van der Waals surface area contributed by atoms with E-state index in [9.17, 15) is 8.42 Å². The summed E-state index contributed by atoms with van der Waals surface area (Å²) in [5.74, 6) is 0. The Morgan fingerprint density at radius 1 is 1.00 bits per heavy atom. The minimum Gasteiger partial charge on any atom is -0.301 e. The topological polar surface area (TPSA) is 52.6 Å². The SMILES string of the molecule is CCN1CCN(CCCCCNS(C)(=O)=O)CC1. The number of sulfonamides is 1. The molecule has 0 aromatic heterocycles. The number of hydrogen-bond acceptors (Lipinski definition) is 4. The molecule has 18 heavy (non-hydrogen) atoms. The van der Waals surface area contributed by atoms with Crippen molar-refractivity contribution < 1.29 is 8.42 Å². The molecule has 0 aromatic carbocycles. The Hall–Kier alpha value is -0.170. The van der Waals surface area contributed by atoms with E-state index in [0.29, 0.717) is 6.54 Å². The third-order valence-electron chi connectivity index (χ3n) is 3.43. The third-order valence-corrected chi connectivity index (χ3v) is 4.16. The first-order chi connectivity index (χ1) is 8.51. The van der Waals surface area contributed by atoms with E-state index in [2.05, 4.69) is 21.4 Å². The number of rotatable bonds is 8. The Kier molecular flexibility index (Phi) is 7.14. The van der Waals surface area contributed by atoms with E-state index in [-0.39, 0.29) is 0 Å². The smallest absolute Gasteiger partial charge is 0.208 e. The van der Waals surface area contributed by atoms with Crippen LogP contribution in [-0.4, -0.2) is 70.3 Å². The summed E-state index contributed by atoms with van der Waals surface area (Å²) >= 11 is 0.